The predicted octanol–water partition coefficient (Wildman–Crippen LogP) is 4.00. The molecule has 0 atom stereocenters. The molecule has 0 radical (unpaired) electrons. The first-order valence-electron chi connectivity index (χ1n) is 9.09. The predicted molar refractivity (Wildman–Crippen MR) is 114 cm³/mol. The summed E-state index contributed by atoms with van der Waals surface area (Å²) in [6, 6.07) is 12.2. The first-order chi connectivity index (χ1) is 14.1. The van der Waals surface area contributed by atoms with E-state index in [4.69, 9.17) is 4.74 Å². The molecule has 4 rings (SSSR count). The normalized spacial score (nSPS) is 10.9. The molecule has 0 saturated heterocycles. The SMILES string of the molecule is CCCc1nn2c(=O)cc(COc3cccc(NC(=O)c4cccs4)c3)nc2s1. The molecule has 1 aromatic carbocycles. The van der Waals surface area contributed by atoms with Gasteiger partial charge < -0.3 is 10.1 Å². The van der Waals surface area contributed by atoms with Crippen LogP contribution in [0.4, 0.5) is 5.69 Å². The minimum Gasteiger partial charge on any atom is -0.487 e. The molecule has 7 nitrogen and oxygen atoms in total. The number of ether oxygens (including phenoxy) is 1. The van der Waals surface area contributed by atoms with Gasteiger partial charge in [-0.05, 0) is 30.0 Å². The Morgan fingerprint density at radius 2 is 2.14 bits per heavy atom. The van der Waals surface area contributed by atoms with Crippen LogP contribution in [0.5, 0.6) is 5.75 Å². The standard InChI is InChI=1S/C20H18N4O3S2/c1-2-5-17-23-24-18(25)11-14(22-20(24)29-17)12-27-15-7-3-6-13(10-15)21-19(26)16-8-4-9-28-16/h3-4,6-11H,2,5,12H2,1H3,(H,21,26). The van der Waals surface area contributed by atoms with Gasteiger partial charge in [0.15, 0.2) is 0 Å². The molecule has 0 bridgehead atoms. The molecule has 0 aliphatic heterocycles. The molecular weight excluding hydrogens is 408 g/mol. The highest BCUT2D eigenvalue weighted by Gasteiger charge is 2.10. The number of aryl methyl sites for hydroxylation is 1. The van der Waals surface area contributed by atoms with Crippen molar-refractivity contribution in [3.63, 3.8) is 0 Å². The van der Waals surface area contributed by atoms with Crippen LogP contribution < -0.4 is 15.6 Å². The van der Waals surface area contributed by atoms with Crippen LogP contribution in [0.2, 0.25) is 0 Å². The quantitative estimate of drug-likeness (QED) is 0.483. The first-order valence-corrected chi connectivity index (χ1v) is 10.8. The largest absolute Gasteiger partial charge is 0.487 e. The van der Waals surface area contributed by atoms with E-state index in [2.05, 4.69) is 22.3 Å². The average molecular weight is 427 g/mol. The third kappa shape index (κ3) is 4.52. The van der Waals surface area contributed by atoms with Gasteiger partial charge in [-0.2, -0.15) is 9.61 Å². The number of anilines is 1. The molecule has 3 aromatic heterocycles. The molecule has 3 heterocycles. The maximum atomic E-state index is 12.3. The summed E-state index contributed by atoms with van der Waals surface area (Å²) in [7, 11) is 0. The fraction of sp³-hybridized carbons (Fsp3) is 0.200. The van der Waals surface area contributed by atoms with Crippen molar-refractivity contribution in [2.24, 2.45) is 0 Å². The summed E-state index contributed by atoms with van der Waals surface area (Å²) in [5.74, 6) is 0.414. The van der Waals surface area contributed by atoms with Gasteiger partial charge in [-0.3, -0.25) is 9.59 Å². The molecule has 1 amide bonds. The van der Waals surface area contributed by atoms with Crippen LogP contribution in [0.3, 0.4) is 0 Å². The van der Waals surface area contributed by atoms with Crippen LogP contribution in [0.15, 0.2) is 52.6 Å². The fourth-order valence-corrected chi connectivity index (χ4v) is 4.34. The number of thiophene rings is 1. The van der Waals surface area contributed by atoms with Crippen molar-refractivity contribution in [2.75, 3.05) is 5.32 Å². The molecule has 0 spiro atoms. The van der Waals surface area contributed by atoms with Gasteiger partial charge >= 0.3 is 0 Å². The maximum Gasteiger partial charge on any atom is 0.275 e. The molecular formula is C20H18N4O3S2. The second-order valence-corrected chi connectivity index (χ2v) is 8.26. The van der Waals surface area contributed by atoms with E-state index in [1.165, 1.54) is 33.3 Å². The Bertz CT molecular complexity index is 1200. The number of fused-ring (bicyclic) bond motifs is 1. The molecule has 0 aliphatic rings. The first kappa shape index (κ1) is 19.3. The topological polar surface area (TPSA) is 85.6 Å². The Morgan fingerprint density at radius 3 is 2.93 bits per heavy atom. The van der Waals surface area contributed by atoms with Crippen LogP contribution >= 0.6 is 22.7 Å². The average Bonchev–Trinajstić information content (AvgIpc) is 3.37. The van der Waals surface area contributed by atoms with E-state index in [0.29, 0.717) is 27.0 Å². The third-order valence-corrected chi connectivity index (χ3v) is 5.86. The van der Waals surface area contributed by atoms with Crippen molar-refractivity contribution >= 4 is 39.2 Å². The van der Waals surface area contributed by atoms with E-state index in [1.807, 2.05) is 11.4 Å². The summed E-state index contributed by atoms with van der Waals surface area (Å²) >= 11 is 2.80. The number of hydrogen-bond acceptors (Lipinski definition) is 7. The van der Waals surface area contributed by atoms with Gasteiger partial charge in [0.1, 0.15) is 17.4 Å². The summed E-state index contributed by atoms with van der Waals surface area (Å²) in [5.41, 5.74) is 0.954. The van der Waals surface area contributed by atoms with Crippen LogP contribution in [0.1, 0.15) is 33.7 Å². The molecule has 0 aliphatic carbocycles. The number of aromatic nitrogens is 3. The smallest absolute Gasteiger partial charge is 0.275 e. The lowest BCUT2D eigenvalue weighted by Gasteiger charge is -2.08. The van der Waals surface area contributed by atoms with Gasteiger partial charge in [-0.15, -0.1) is 11.3 Å². The number of carbonyl (C=O) groups is 1. The van der Waals surface area contributed by atoms with E-state index >= 15 is 0 Å². The van der Waals surface area contributed by atoms with E-state index in [1.54, 1.807) is 30.3 Å². The summed E-state index contributed by atoms with van der Waals surface area (Å²) < 4.78 is 7.12. The highest BCUT2D eigenvalue weighted by Crippen LogP contribution is 2.20. The van der Waals surface area contributed by atoms with Crippen molar-refractivity contribution in [3.8, 4) is 5.75 Å². The van der Waals surface area contributed by atoms with Gasteiger partial charge in [0.05, 0.1) is 10.6 Å². The van der Waals surface area contributed by atoms with Crippen molar-refractivity contribution in [3.05, 3.63) is 73.8 Å². The Labute approximate surface area is 174 Å². The van der Waals surface area contributed by atoms with Crippen molar-refractivity contribution in [2.45, 2.75) is 26.4 Å². The Hall–Kier alpha value is -3.04. The summed E-state index contributed by atoms with van der Waals surface area (Å²) in [5, 5.41) is 9.90. The van der Waals surface area contributed by atoms with Crippen LogP contribution in [-0.4, -0.2) is 20.5 Å². The van der Waals surface area contributed by atoms with Gasteiger partial charge in [0.25, 0.3) is 11.5 Å². The van der Waals surface area contributed by atoms with Gasteiger partial charge in [-0.25, -0.2) is 4.98 Å². The van der Waals surface area contributed by atoms with E-state index in [-0.39, 0.29) is 18.1 Å². The maximum absolute atomic E-state index is 12.3. The van der Waals surface area contributed by atoms with Crippen molar-refractivity contribution < 1.29 is 9.53 Å². The lowest BCUT2D eigenvalue weighted by Crippen LogP contribution is -2.16. The Kier molecular flexibility index (Phi) is 5.68. The van der Waals surface area contributed by atoms with Crippen LogP contribution in [-0.2, 0) is 13.0 Å². The van der Waals surface area contributed by atoms with Gasteiger partial charge in [0.2, 0.25) is 4.96 Å². The fourth-order valence-electron chi connectivity index (χ4n) is 2.71. The zero-order chi connectivity index (χ0) is 20.2. The Morgan fingerprint density at radius 1 is 1.24 bits per heavy atom. The highest BCUT2D eigenvalue weighted by molar-refractivity contribution is 7.16. The van der Waals surface area contributed by atoms with E-state index in [9.17, 15) is 9.59 Å². The Balaban J connectivity index is 1.46. The minimum atomic E-state index is -0.218. The highest BCUT2D eigenvalue weighted by atomic mass is 32.1. The molecule has 0 fully saturated rings. The molecule has 1 N–H and O–H groups in total. The zero-order valence-electron chi connectivity index (χ0n) is 15.6. The van der Waals surface area contributed by atoms with Crippen molar-refractivity contribution in [1.29, 1.82) is 0 Å². The lowest BCUT2D eigenvalue weighted by molar-refractivity contribution is 0.103. The number of amides is 1. The third-order valence-electron chi connectivity index (χ3n) is 4.03. The molecule has 0 unspecified atom stereocenters. The minimum absolute atomic E-state index is 0.148. The summed E-state index contributed by atoms with van der Waals surface area (Å²) in [6.45, 7) is 2.22. The monoisotopic (exact) mass is 426 g/mol. The van der Waals surface area contributed by atoms with E-state index < -0.39 is 0 Å². The van der Waals surface area contributed by atoms with Crippen molar-refractivity contribution in [1.82, 2.24) is 14.6 Å². The molecule has 4 aromatic rings. The second-order valence-electron chi connectivity index (χ2n) is 6.27. The number of nitrogens with one attached hydrogen (secondary N) is 1. The molecule has 9 heteroatoms. The summed E-state index contributed by atoms with van der Waals surface area (Å²) in [4.78, 5) is 30.2. The number of rotatable bonds is 7. The second kappa shape index (κ2) is 8.54. The van der Waals surface area contributed by atoms with Gasteiger partial charge in [-0.1, -0.05) is 30.4 Å². The van der Waals surface area contributed by atoms with E-state index in [0.717, 1.165) is 17.8 Å². The zero-order valence-corrected chi connectivity index (χ0v) is 17.3. The lowest BCUT2D eigenvalue weighted by atomic mass is 10.3. The number of carbonyl (C=O) groups excluding carboxylic acids is 1. The number of benzene rings is 1. The molecule has 0 saturated carbocycles. The number of nitrogens with zero attached hydrogens (tertiary/aromatic N) is 3. The van der Waals surface area contributed by atoms with Crippen LogP contribution in [0.25, 0.3) is 4.96 Å². The molecule has 148 valence electrons. The molecule has 29 heavy (non-hydrogen) atoms. The van der Waals surface area contributed by atoms with Crippen LogP contribution in [0, 0.1) is 0 Å². The van der Waals surface area contributed by atoms with Gasteiger partial charge in [0, 0.05) is 24.2 Å². The number of hydrogen-bond donors (Lipinski definition) is 1. The summed E-state index contributed by atoms with van der Waals surface area (Å²) in [6.07, 6.45) is 1.78.